The van der Waals surface area contributed by atoms with E-state index in [0.29, 0.717) is 32.6 Å². The largest absolute Gasteiger partial charge is 0.388 e. The summed E-state index contributed by atoms with van der Waals surface area (Å²) in [6.45, 7) is 4.57. The molecule has 0 aliphatic carbocycles. The normalized spacial score (nSPS) is 23.4. The van der Waals surface area contributed by atoms with Crippen molar-refractivity contribution in [3.05, 3.63) is 0 Å². The average Bonchev–Trinajstić information content (AvgIpc) is 2.36. The lowest BCUT2D eigenvalue weighted by Gasteiger charge is -2.25. The smallest absolute Gasteiger partial charge is 0.222 e. The molecular weight excluding hydrogens is 236 g/mol. The molecule has 1 fully saturated rings. The van der Waals surface area contributed by atoms with E-state index in [1.807, 2.05) is 0 Å². The number of methoxy groups -OCH3 is 1. The highest BCUT2D eigenvalue weighted by atomic mass is 16.5. The minimum Gasteiger partial charge on any atom is -0.388 e. The zero-order valence-corrected chi connectivity index (χ0v) is 11.2. The van der Waals surface area contributed by atoms with Gasteiger partial charge in [0.25, 0.3) is 0 Å². The molecule has 0 saturated carbocycles. The lowest BCUT2D eigenvalue weighted by Crippen LogP contribution is -2.45. The van der Waals surface area contributed by atoms with Crippen molar-refractivity contribution in [3.63, 3.8) is 0 Å². The summed E-state index contributed by atoms with van der Waals surface area (Å²) >= 11 is 0. The van der Waals surface area contributed by atoms with Crippen LogP contribution >= 0.6 is 0 Å². The van der Waals surface area contributed by atoms with E-state index in [2.05, 4.69) is 10.6 Å². The molecule has 0 aromatic heterocycles. The van der Waals surface area contributed by atoms with Gasteiger partial charge < -0.3 is 25.2 Å². The van der Waals surface area contributed by atoms with Crippen LogP contribution < -0.4 is 10.6 Å². The molecule has 2 atom stereocenters. The van der Waals surface area contributed by atoms with E-state index < -0.39 is 5.60 Å². The fourth-order valence-corrected chi connectivity index (χ4v) is 1.73. The second-order valence-electron chi connectivity index (χ2n) is 4.92. The molecule has 1 aliphatic heterocycles. The average molecular weight is 260 g/mol. The molecule has 6 heteroatoms. The number of amides is 1. The van der Waals surface area contributed by atoms with Crippen molar-refractivity contribution in [1.82, 2.24) is 10.6 Å². The number of carbonyl (C=O) groups is 1. The number of ether oxygens (including phenoxy) is 2. The monoisotopic (exact) mass is 260 g/mol. The maximum absolute atomic E-state index is 11.7. The van der Waals surface area contributed by atoms with E-state index in [-0.39, 0.29) is 18.6 Å². The molecule has 0 aromatic rings. The van der Waals surface area contributed by atoms with Crippen LogP contribution in [0.4, 0.5) is 0 Å². The third-order valence-corrected chi connectivity index (χ3v) is 2.93. The summed E-state index contributed by atoms with van der Waals surface area (Å²) in [5.74, 6) is -0.0959. The van der Waals surface area contributed by atoms with Gasteiger partial charge in [0, 0.05) is 39.8 Å². The maximum Gasteiger partial charge on any atom is 0.222 e. The van der Waals surface area contributed by atoms with Gasteiger partial charge in [-0.1, -0.05) is 0 Å². The van der Waals surface area contributed by atoms with E-state index in [1.54, 1.807) is 14.0 Å². The van der Waals surface area contributed by atoms with E-state index in [0.717, 1.165) is 6.54 Å². The van der Waals surface area contributed by atoms with Gasteiger partial charge in [-0.2, -0.15) is 0 Å². The molecule has 0 bridgehead atoms. The van der Waals surface area contributed by atoms with Crippen LogP contribution in [-0.4, -0.2) is 62.7 Å². The quantitative estimate of drug-likeness (QED) is 0.562. The molecule has 6 nitrogen and oxygen atoms in total. The zero-order chi connectivity index (χ0) is 13.4. The summed E-state index contributed by atoms with van der Waals surface area (Å²) in [6.07, 6.45) is 0.751. The predicted molar refractivity (Wildman–Crippen MR) is 67.4 cm³/mol. The molecule has 2 unspecified atom stereocenters. The molecule has 106 valence electrons. The Kier molecular flexibility index (Phi) is 6.56. The van der Waals surface area contributed by atoms with Gasteiger partial charge in [-0.25, -0.2) is 0 Å². The van der Waals surface area contributed by atoms with Gasteiger partial charge in [0.15, 0.2) is 0 Å². The van der Waals surface area contributed by atoms with Crippen molar-refractivity contribution in [2.24, 2.45) is 0 Å². The number of rotatable bonds is 7. The van der Waals surface area contributed by atoms with Gasteiger partial charge in [0.05, 0.1) is 24.7 Å². The van der Waals surface area contributed by atoms with Crippen LogP contribution in [-0.2, 0) is 14.3 Å². The molecule has 0 spiro atoms. The number of morpholine rings is 1. The lowest BCUT2D eigenvalue weighted by molar-refractivity contribution is -0.125. The minimum absolute atomic E-state index is 0.0670. The fraction of sp³-hybridized carbons (Fsp3) is 0.917. The van der Waals surface area contributed by atoms with Crippen LogP contribution in [0.15, 0.2) is 0 Å². The van der Waals surface area contributed by atoms with Crippen LogP contribution in [0.5, 0.6) is 0 Å². The Morgan fingerprint density at radius 3 is 3.06 bits per heavy atom. The molecule has 1 heterocycles. The molecule has 1 amide bonds. The van der Waals surface area contributed by atoms with Gasteiger partial charge >= 0.3 is 0 Å². The molecule has 1 aliphatic rings. The van der Waals surface area contributed by atoms with Gasteiger partial charge in [-0.3, -0.25) is 4.79 Å². The highest BCUT2D eigenvalue weighted by Crippen LogP contribution is 2.08. The van der Waals surface area contributed by atoms with Crippen LogP contribution in [0.3, 0.4) is 0 Å². The maximum atomic E-state index is 11.7. The number of hydrogen-bond acceptors (Lipinski definition) is 5. The topological polar surface area (TPSA) is 79.8 Å². The summed E-state index contributed by atoms with van der Waals surface area (Å²) in [7, 11) is 1.59. The van der Waals surface area contributed by atoms with E-state index in [1.165, 1.54) is 0 Å². The molecule has 0 aromatic carbocycles. The Hall–Kier alpha value is -0.690. The summed E-state index contributed by atoms with van der Waals surface area (Å²) in [4.78, 5) is 11.7. The van der Waals surface area contributed by atoms with Crippen molar-refractivity contribution in [3.8, 4) is 0 Å². The Balaban J connectivity index is 2.19. The SMILES string of the molecule is COCCC(C)(O)CNC(=O)CC1CNCCO1. The number of aliphatic hydroxyl groups is 1. The van der Waals surface area contributed by atoms with E-state index in [4.69, 9.17) is 9.47 Å². The standard InChI is InChI=1S/C12H24N2O4/c1-12(16,3-5-17-2)9-14-11(15)7-10-8-13-4-6-18-10/h10,13,16H,3-9H2,1-2H3,(H,14,15). The molecule has 0 radical (unpaired) electrons. The van der Waals surface area contributed by atoms with Crippen LogP contribution in [0.25, 0.3) is 0 Å². The first-order valence-electron chi connectivity index (χ1n) is 6.34. The van der Waals surface area contributed by atoms with Gasteiger partial charge in [0.2, 0.25) is 5.91 Å². The van der Waals surface area contributed by atoms with Crippen molar-refractivity contribution in [1.29, 1.82) is 0 Å². The molecule has 3 N–H and O–H groups in total. The molecule has 1 rings (SSSR count). The van der Waals surface area contributed by atoms with Gasteiger partial charge in [0.1, 0.15) is 0 Å². The summed E-state index contributed by atoms with van der Waals surface area (Å²) in [5.41, 5.74) is -0.933. The first kappa shape index (κ1) is 15.4. The van der Waals surface area contributed by atoms with Gasteiger partial charge in [-0.15, -0.1) is 0 Å². The Bertz CT molecular complexity index is 252. The van der Waals surface area contributed by atoms with Crippen LogP contribution in [0.1, 0.15) is 19.8 Å². The lowest BCUT2D eigenvalue weighted by atomic mass is 10.0. The third-order valence-electron chi connectivity index (χ3n) is 2.93. The number of nitrogens with one attached hydrogen (secondary N) is 2. The van der Waals surface area contributed by atoms with Gasteiger partial charge in [-0.05, 0) is 6.92 Å². The summed E-state index contributed by atoms with van der Waals surface area (Å²) < 4.78 is 10.3. The van der Waals surface area contributed by atoms with Crippen molar-refractivity contribution in [2.75, 3.05) is 40.0 Å². The first-order chi connectivity index (χ1) is 8.53. The van der Waals surface area contributed by atoms with Crippen LogP contribution in [0.2, 0.25) is 0 Å². The molecular formula is C12H24N2O4. The summed E-state index contributed by atoms with van der Waals surface area (Å²) in [6, 6.07) is 0. The zero-order valence-electron chi connectivity index (χ0n) is 11.2. The molecule has 18 heavy (non-hydrogen) atoms. The Morgan fingerprint density at radius 1 is 1.67 bits per heavy atom. The molecule has 1 saturated heterocycles. The van der Waals surface area contributed by atoms with Crippen molar-refractivity contribution in [2.45, 2.75) is 31.5 Å². The number of carbonyl (C=O) groups excluding carboxylic acids is 1. The van der Waals surface area contributed by atoms with E-state index in [9.17, 15) is 9.90 Å². The van der Waals surface area contributed by atoms with Crippen molar-refractivity contribution < 1.29 is 19.4 Å². The number of hydrogen-bond donors (Lipinski definition) is 3. The van der Waals surface area contributed by atoms with Crippen LogP contribution in [0, 0.1) is 0 Å². The minimum atomic E-state index is -0.933. The third kappa shape index (κ3) is 6.30. The highest BCUT2D eigenvalue weighted by molar-refractivity contribution is 5.76. The Morgan fingerprint density at radius 2 is 2.44 bits per heavy atom. The van der Waals surface area contributed by atoms with E-state index >= 15 is 0 Å². The predicted octanol–water partition coefficient (Wildman–Crippen LogP) is -0.731. The fourth-order valence-electron chi connectivity index (χ4n) is 1.73. The first-order valence-corrected chi connectivity index (χ1v) is 6.34. The summed E-state index contributed by atoms with van der Waals surface area (Å²) in [5, 5.41) is 15.9. The highest BCUT2D eigenvalue weighted by Gasteiger charge is 2.22. The Labute approximate surface area is 108 Å². The second kappa shape index (κ2) is 7.68. The van der Waals surface area contributed by atoms with Crippen molar-refractivity contribution >= 4 is 5.91 Å². The second-order valence-corrected chi connectivity index (χ2v) is 4.92.